The number of anilines is 2. The normalized spacial score (nSPS) is 12.0. The van der Waals surface area contributed by atoms with Crippen LogP contribution in [0, 0.1) is 0 Å². The molecule has 4 aromatic carbocycles. The number of nitrogens with zero attached hydrogens (tertiary/aromatic N) is 2. The summed E-state index contributed by atoms with van der Waals surface area (Å²) in [5.74, 6) is -1.20. The van der Waals surface area contributed by atoms with Crippen molar-refractivity contribution in [3.8, 4) is 0 Å². The van der Waals surface area contributed by atoms with Crippen LogP contribution in [0.3, 0.4) is 0 Å². The van der Waals surface area contributed by atoms with E-state index in [1.165, 1.54) is 24.3 Å². The second-order valence-electron chi connectivity index (χ2n) is 9.12. The van der Waals surface area contributed by atoms with Crippen LogP contribution < -0.4 is 15.0 Å². The number of hydrazone groups is 1. The number of alkyl halides is 3. The number of carbonyl (C=O) groups is 2. The largest absolute Gasteiger partial charge is 0.417 e. The van der Waals surface area contributed by atoms with E-state index in [9.17, 15) is 31.2 Å². The van der Waals surface area contributed by atoms with Gasteiger partial charge in [-0.05, 0) is 67.1 Å². The van der Waals surface area contributed by atoms with E-state index >= 15 is 0 Å². The summed E-state index contributed by atoms with van der Waals surface area (Å²) in [6.45, 7) is 0.711. The van der Waals surface area contributed by atoms with Crippen LogP contribution in [0.5, 0.6) is 0 Å². The first kappa shape index (κ1) is 31.3. The quantitative estimate of drug-likeness (QED) is 0.166. The molecule has 0 aliphatic rings. The number of benzene rings is 4. The van der Waals surface area contributed by atoms with Gasteiger partial charge in [0.25, 0.3) is 21.8 Å². The molecule has 4 rings (SSSR count). The van der Waals surface area contributed by atoms with E-state index in [0.29, 0.717) is 32.9 Å². The fourth-order valence-electron chi connectivity index (χ4n) is 3.88. The minimum atomic E-state index is -4.86. The number of nitrogens with one attached hydrogen (secondary N) is 2. The van der Waals surface area contributed by atoms with Gasteiger partial charge < -0.3 is 5.32 Å². The summed E-state index contributed by atoms with van der Waals surface area (Å²) in [5, 5.41) is 6.16. The molecule has 2 N–H and O–H groups in total. The Balaban J connectivity index is 1.52. The molecule has 0 saturated carbocycles. The molecule has 8 nitrogen and oxygen atoms in total. The highest BCUT2D eigenvalue weighted by Crippen LogP contribution is 2.38. The zero-order valence-electron chi connectivity index (χ0n) is 22.5. The van der Waals surface area contributed by atoms with Crippen molar-refractivity contribution in [2.24, 2.45) is 5.10 Å². The van der Waals surface area contributed by atoms with Crippen LogP contribution in [-0.4, -0.2) is 32.5 Å². The lowest BCUT2D eigenvalue weighted by atomic mass is 10.1. The van der Waals surface area contributed by atoms with Crippen LogP contribution in [0.2, 0.25) is 5.02 Å². The molecule has 0 radical (unpaired) electrons. The van der Waals surface area contributed by atoms with Gasteiger partial charge in [0, 0.05) is 11.3 Å². The number of halogens is 4. The third kappa shape index (κ3) is 7.79. The van der Waals surface area contributed by atoms with E-state index in [2.05, 4.69) is 15.8 Å². The molecule has 43 heavy (non-hydrogen) atoms. The number of amides is 2. The van der Waals surface area contributed by atoms with Crippen molar-refractivity contribution in [3.63, 3.8) is 0 Å². The van der Waals surface area contributed by atoms with Crippen LogP contribution in [0.1, 0.15) is 28.4 Å². The van der Waals surface area contributed by atoms with Gasteiger partial charge in [-0.25, -0.2) is 13.8 Å². The van der Waals surface area contributed by atoms with Crippen LogP contribution in [-0.2, 0) is 21.0 Å². The summed E-state index contributed by atoms with van der Waals surface area (Å²) in [6.07, 6.45) is -4.86. The third-order valence-corrected chi connectivity index (χ3v) is 8.22. The summed E-state index contributed by atoms with van der Waals surface area (Å²) in [6, 6.07) is 24.8. The number of rotatable bonds is 9. The molecule has 0 aliphatic heterocycles. The number of carbonyl (C=O) groups excluding carboxylic acids is 2. The summed E-state index contributed by atoms with van der Waals surface area (Å²) >= 11 is 5.72. The predicted octanol–water partition coefficient (Wildman–Crippen LogP) is 6.35. The smallest absolute Gasteiger partial charge is 0.322 e. The Bertz CT molecular complexity index is 1750. The molecule has 0 unspecified atom stereocenters. The standard InChI is InChI=1S/C30H24ClF3N4O4S/c1-20(21-12-14-23(15-13-21)35-29(40)22-8-4-2-5-9-22)36-37-28(39)19-38(43(41,42)25-10-6-3-7-11-25)24-16-17-27(31)26(18-24)30(32,33)34/h2-18H,19H2,1H3,(H,35,40)(H,37,39)/b36-20-. The van der Waals surface area contributed by atoms with Crippen LogP contribution in [0.15, 0.2) is 113 Å². The van der Waals surface area contributed by atoms with Crippen molar-refractivity contribution in [3.05, 3.63) is 125 Å². The van der Waals surface area contributed by atoms with Gasteiger partial charge in [0.05, 0.1) is 26.9 Å². The molecule has 0 spiro atoms. The van der Waals surface area contributed by atoms with E-state index in [4.69, 9.17) is 11.6 Å². The third-order valence-electron chi connectivity index (χ3n) is 6.11. The van der Waals surface area contributed by atoms with Crippen molar-refractivity contribution < 1.29 is 31.2 Å². The molecule has 2 amide bonds. The number of hydrogen-bond acceptors (Lipinski definition) is 5. The number of hydrogen-bond donors (Lipinski definition) is 2. The molecule has 13 heteroatoms. The predicted molar refractivity (Wildman–Crippen MR) is 159 cm³/mol. The van der Waals surface area contributed by atoms with E-state index in [0.717, 1.165) is 12.1 Å². The van der Waals surface area contributed by atoms with Gasteiger partial charge in [0.2, 0.25) is 0 Å². The van der Waals surface area contributed by atoms with Crippen molar-refractivity contribution in [2.75, 3.05) is 16.2 Å². The lowest BCUT2D eigenvalue weighted by molar-refractivity contribution is -0.137. The summed E-state index contributed by atoms with van der Waals surface area (Å²) in [4.78, 5) is 25.0. The maximum Gasteiger partial charge on any atom is 0.417 e. The first-order chi connectivity index (χ1) is 20.4. The lowest BCUT2D eigenvalue weighted by Crippen LogP contribution is -2.40. The van der Waals surface area contributed by atoms with Gasteiger partial charge in [0.15, 0.2) is 0 Å². The maximum absolute atomic E-state index is 13.5. The molecular weight excluding hydrogens is 605 g/mol. The van der Waals surface area contributed by atoms with Crippen LogP contribution in [0.4, 0.5) is 24.5 Å². The fourth-order valence-corrected chi connectivity index (χ4v) is 5.54. The molecule has 0 aromatic heterocycles. The van der Waals surface area contributed by atoms with Crippen molar-refractivity contribution in [1.82, 2.24) is 5.43 Å². The van der Waals surface area contributed by atoms with Gasteiger partial charge >= 0.3 is 6.18 Å². The Kier molecular flexibility index (Phi) is 9.52. The first-order valence-corrected chi connectivity index (χ1v) is 14.4. The van der Waals surface area contributed by atoms with Gasteiger partial charge in [0.1, 0.15) is 6.54 Å². The van der Waals surface area contributed by atoms with Crippen LogP contribution in [0.25, 0.3) is 0 Å². The molecule has 0 aliphatic carbocycles. The minimum Gasteiger partial charge on any atom is -0.322 e. The topological polar surface area (TPSA) is 108 Å². The summed E-state index contributed by atoms with van der Waals surface area (Å²) in [5.41, 5.74) is 2.53. The number of sulfonamides is 1. The lowest BCUT2D eigenvalue weighted by Gasteiger charge is -2.25. The maximum atomic E-state index is 13.5. The highest BCUT2D eigenvalue weighted by Gasteiger charge is 2.35. The van der Waals surface area contributed by atoms with Crippen molar-refractivity contribution in [1.29, 1.82) is 0 Å². The molecule has 222 valence electrons. The molecule has 0 fully saturated rings. The Labute approximate surface area is 250 Å². The molecule has 0 heterocycles. The average Bonchev–Trinajstić information content (AvgIpc) is 2.99. The zero-order chi connectivity index (χ0) is 31.2. The Morgan fingerprint density at radius 3 is 2.07 bits per heavy atom. The zero-order valence-corrected chi connectivity index (χ0v) is 24.0. The summed E-state index contributed by atoms with van der Waals surface area (Å²) < 4.78 is 68.1. The molecule has 4 aromatic rings. The van der Waals surface area contributed by atoms with Gasteiger partial charge in [-0.2, -0.15) is 18.3 Å². The van der Waals surface area contributed by atoms with E-state index < -0.39 is 44.9 Å². The van der Waals surface area contributed by atoms with Crippen molar-refractivity contribution >= 4 is 50.5 Å². The minimum absolute atomic E-state index is 0.231. The van der Waals surface area contributed by atoms with E-state index in [1.54, 1.807) is 67.6 Å². The summed E-state index contributed by atoms with van der Waals surface area (Å²) in [7, 11) is -4.47. The van der Waals surface area contributed by atoms with Gasteiger partial charge in [-0.1, -0.05) is 60.1 Å². The SMILES string of the molecule is C/C(=N/NC(=O)CN(c1ccc(Cl)c(C(F)(F)F)c1)S(=O)(=O)c1ccccc1)c1ccc(NC(=O)c2ccccc2)cc1. The van der Waals surface area contributed by atoms with Gasteiger partial charge in [-0.15, -0.1) is 0 Å². The second-order valence-corrected chi connectivity index (χ2v) is 11.4. The average molecular weight is 629 g/mol. The monoisotopic (exact) mass is 628 g/mol. The van der Waals surface area contributed by atoms with Gasteiger partial charge in [-0.3, -0.25) is 13.9 Å². The molecule has 0 atom stereocenters. The Morgan fingerprint density at radius 1 is 0.860 bits per heavy atom. The van der Waals surface area contributed by atoms with Crippen molar-refractivity contribution in [2.45, 2.75) is 18.0 Å². The highest BCUT2D eigenvalue weighted by atomic mass is 35.5. The Hall–Kier alpha value is -4.68. The second kappa shape index (κ2) is 13.1. The molecular formula is C30H24ClF3N4O4S. The fraction of sp³-hybridized carbons (Fsp3) is 0.100. The van der Waals surface area contributed by atoms with E-state index in [1.807, 2.05) is 0 Å². The molecule has 0 bridgehead atoms. The highest BCUT2D eigenvalue weighted by molar-refractivity contribution is 7.92. The Morgan fingerprint density at radius 2 is 1.47 bits per heavy atom. The molecule has 0 saturated heterocycles. The first-order valence-electron chi connectivity index (χ1n) is 12.6. The van der Waals surface area contributed by atoms with Crippen LogP contribution >= 0.6 is 11.6 Å². The van der Waals surface area contributed by atoms with E-state index in [-0.39, 0.29) is 10.8 Å².